The van der Waals surface area contributed by atoms with Gasteiger partial charge in [-0.05, 0) is 19.3 Å². The van der Waals surface area contributed by atoms with E-state index in [0.29, 0.717) is 19.3 Å². The molecule has 0 aromatic heterocycles. The van der Waals surface area contributed by atoms with Crippen molar-refractivity contribution in [2.75, 3.05) is 13.2 Å². The van der Waals surface area contributed by atoms with Crippen LogP contribution in [0.1, 0.15) is 239 Å². The Hall–Kier alpha value is -1.59. The molecule has 6 nitrogen and oxygen atoms in total. The molecule has 0 spiro atoms. The van der Waals surface area contributed by atoms with E-state index in [9.17, 15) is 14.4 Å². The van der Waals surface area contributed by atoms with Crippen molar-refractivity contribution < 1.29 is 28.6 Å². The Morgan fingerprint density at radius 3 is 0.816 bits per heavy atom. The molecule has 0 aromatic carbocycles. The molecule has 0 radical (unpaired) electrons. The van der Waals surface area contributed by atoms with Crippen molar-refractivity contribution in [2.24, 2.45) is 0 Å². The van der Waals surface area contributed by atoms with Gasteiger partial charge in [0.15, 0.2) is 6.10 Å². The Kier molecular flexibility index (Phi) is 37.9. The van der Waals surface area contributed by atoms with Gasteiger partial charge in [-0.2, -0.15) is 0 Å². The molecule has 0 rings (SSSR count). The smallest absolute Gasteiger partial charge is 0.306 e. The summed E-state index contributed by atoms with van der Waals surface area (Å²) in [6, 6.07) is 0. The number of hydrogen-bond acceptors (Lipinski definition) is 6. The summed E-state index contributed by atoms with van der Waals surface area (Å²) >= 11 is 0. The van der Waals surface area contributed by atoms with Gasteiger partial charge < -0.3 is 14.2 Å². The fourth-order valence-electron chi connectivity index (χ4n) is 6.32. The average molecular weight is 695 g/mol. The largest absolute Gasteiger partial charge is 0.462 e. The Balaban J connectivity index is 4.29. The lowest BCUT2D eigenvalue weighted by molar-refractivity contribution is -0.167. The van der Waals surface area contributed by atoms with Gasteiger partial charge in [0, 0.05) is 19.3 Å². The number of unbranched alkanes of at least 4 members (excludes halogenated alkanes) is 28. The molecule has 6 heteroatoms. The zero-order chi connectivity index (χ0) is 35.9. The van der Waals surface area contributed by atoms with Crippen LogP contribution in [0, 0.1) is 0 Å². The highest BCUT2D eigenvalue weighted by Crippen LogP contribution is 2.15. The quantitative estimate of drug-likeness (QED) is 0.0362. The van der Waals surface area contributed by atoms with Crippen LogP contribution in [-0.2, 0) is 28.6 Å². The van der Waals surface area contributed by atoms with Crippen LogP contribution >= 0.6 is 0 Å². The van der Waals surface area contributed by atoms with Crippen LogP contribution in [0.5, 0.6) is 0 Å². The van der Waals surface area contributed by atoms with Crippen LogP contribution in [0.4, 0.5) is 0 Å². The summed E-state index contributed by atoms with van der Waals surface area (Å²) in [5, 5.41) is 0. The monoisotopic (exact) mass is 695 g/mol. The Bertz CT molecular complexity index is 723. The van der Waals surface area contributed by atoms with Crippen LogP contribution in [0.15, 0.2) is 0 Å². The summed E-state index contributed by atoms with van der Waals surface area (Å²) in [5.41, 5.74) is 0. The molecule has 0 heterocycles. The number of ether oxygens (including phenoxy) is 3. The van der Waals surface area contributed by atoms with Crippen molar-refractivity contribution in [3.05, 3.63) is 0 Å². The van der Waals surface area contributed by atoms with Crippen LogP contribution < -0.4 is 0 Å². The van der Waals surface area contributed by atoms with E-state index in [1.807, 2.05) is 0 Å². The van der Waals surface area contributed by atoms with Gasteiger partial charge in [-0.25, -0.2) is 0 Å². The normalized spacial score (nSPS) is 11.8. The molecule has 290 valence electrons. The predicted molar refractivity (Wildman–Crippen MR) is 206 cm³/mol. The molecule has 0 unspecified atom stereocenters. The van der Waals surface area contributed by atoms with Gasteiger partial charge in [-0.15, -0.1) is 0 Å². The molecule has 1 atom stereocenters. The van der Waals surface area contributed by atoms with E-state index in [0.717, 1.165) is 57.8 Å². The van der Waals surface area contributed by atoms with Crippen molar-refractivity contribution in [3.8, 4) is 0 Å². The van der Waals surface area contributed by atoms with Crippen molar-refractivity contribution in [1.82, 2.24) is 0 Å². The lowest BCUT2D eigenvalue weighted by Gasteiger charge is -2.18. The van der Waals surface area contributed by atoms with E-state index in [2.05, 4.69) is 20.8 Å². The summed E-state index contributed by atoms with van der Waals surface area (Å²) < 4.78 is 16.6. The van der Waals surface area contributed by atoms with Crippen molar-refractivity contribution in [1.29, 1.82) is 0 Å². The van der Waals surface area contributed by atoms with Crippen molar-refractivity contribution in [3.63, 3.8) is 0 Å². The first kappa shape index (κ1) is 47.4. The standard InChI is InChI=1S/C43H82O6/c1-4-7-10-13-16-18-20-22-24-27-30-33-36-42(45)48-39-40(38-47-41(44)35-32-29-26-15-12-9-6-3)49-43(46)37-34-31-28-25-23-21-19-17-14-11-8-5-2/h40H,4-39H2,1-3H3/t40-/m0/s1. The lowest BCUT2D eigenvalue weighted by Crippen LogP contribution is -2.30. The second kappa shape index (κ2) is 39.2. The van der Waals surface area contributed by atoms with Crippen molar-refractivity contribution >= 4 is 17.9 Å². The fraction of sp³-hybridized carbons (Fsp3) is 0.930. The van der Waals surface area contributed by atoms with E-state index < -0.39 is 6.10 Å². The Labute approximate surface area is 304 Å². The summed E-state index contributed by atoms with van der Waals surface area (Å²) in [6.07, 6.45) is 38.0. The first-order valence-corrected chi connectivity index (χ1v) is 21.5. The summed E-state index contributed by atoms with van der Waals surface area (Å²) in [5.74, 6) is -0.862. The lowest BCUT2D eigenvalue weighted by atomic mass is 10.0. The molecule has 0 aliphatic carbocycles. The average Bonchev–Trinajstić information content (AvgIpc) is 3.10. The first-order chi connectivity index (χ1) is 24.0. The van der Waals surface area contributed by atoms with E-state index in [4.69, 9.17) is 14.2 Å². The second-order valence-electron chi connectivity index (χ2n) is 14.6. The van der Waals surface area contributed by atoms with Gasteiger partial charge in [-0.3, -0.25) is 14.4 Å². The maximum absolute atomic E-state index is 12.6. The third kappa shape index (κ3) is 37.5. The maximum atomic E-state index is 12.6. The summed E-state index contributed by atoms with van der Waals surface area (Å²) in [4.78, 5) is 37.5. The number of hydrogen-bond donors (Lipinski definition) is 0. The van der Waals surface area contributed by atoms with Crippen LogP contribution in [0.25, 0.3) is 0 Å². The van der Waals surface area contributed by atoms with Gasteiger partial charge in [0.05, 0.1) is 0 Å². The number of esters is 3. The molecule has 0 aromatic rings. The molecule has 0 saturated heterocycles. The maximum Gasteiger partial charge on any atom is 0.306 e. The minimum Gasteiger partial charge on any atom is -0.462 e. The molecule has 0 amide bonds. The van der Waals surface area contributed by atoms with Crippen LogP contribution in [0.2, 0.25) is 0 Å². The van der Waals surface area contributed by atoms with Crippen LogP contribution in [0.3, 0.4) is 0 Å². The molecular formula is C43H82O6. The zero-order valence-corrected chi connectivity index (χ0v) is 33.0. The molecule has 49 heavy (non-hydrogen) atoms. The third-order valence-corrected chi connectivity index (χ3v) is 9.61. The van der Waals surface area contributed by atoms with Gasteiger partial charge >= 0.3 is 17.9 Å². The molecular weight excluding hydrogens is 612 g/mol. The molecule has 0 saturated carbocycles. The predicted octanol–water partition coefficient (Wildman–Crippen LogP) is 13.3. The Morgan fingerprint density at radius 2 is 0.551 bits per heavy atom. The highest BCUT2D eigenvalue weighted by molar-refractivity contribution is 5.71. The van der Waals surface area contributed by atoms with E-state index in [1.165, 1.54) is 141 Å². The second-order valence-corrected chi connectivity index (χ2v) is 14.6. The molecule has 0 fully saturated rings. The topological polar surface area (TPSA) is 78.9 Å². The summed E-state index contributed by atoms with van der Waals surface area (Å²) in [6.45, 7) is 6.60. The minimum atomic E-state index is -0.756. The molecule has 0 aliphatic rings. The SMILES string of the molecule is CCCCCCCCCCCCCCC(=O)OC[C@H](COC(=O)CCCCCCCCC)OC(=O)CCCCCCCCCCCCCC. The zero-order valence-electron chi connectivity index (χ0n) is 33.0. The Morgan fingerprint density at radius 1 is 0.327 bits per heavy atom. The van der Waals surface area contributed by atoms with Gasteiger partial charge in [0.2, 0.25) is 0 Å². The highest BCUT2D eigenvalue weighted by atomic mass is 16.6. The molecule has 0 bridgehead atoms. The van der Waals surface area contributed by atoms with E-state index >= 15 is 0 Å². The highest BCUT2D eigenvalue weighted by Gasteiger charge is 2.19. The number of carbonyl (C=O) groups excluding carboxylic acids is 3. The molecule has 0 N–H and O–H groups in total. The van der Waals surface area contributed by atoms with Crippen LogP contribution in [-0.4, -0.2) is 37.2 Å². The van der Waals surface area contributed by atoms with Gasteiger partial charge in [0.1, 0.15) is 13.2 Å². The molecule has 0 aliphatic heterocycles. The summed E-state index contributed by atoms with van der Waals surface area (Å²) in [7, 11) is 0. The fourth-order valence-corrected chi connectivity index (χ4v) is 6.32. The first-order valence-electron chi connectivity index (χ1n) is 21.5. The van der Waals surface area contributed by atoms with E-state index in [1.54, 1.807) is 0 Å². The number of carbonyl (C=O) groups is 3. The third-order valence-electron chi connectivity index (χ3n) is 9.61. The number of rotatable bonds is 39. The van der Waals surface area contributed by atoms with E-state index in [-0.39, 0.29) is 31.1 Å². The van der Waals surface area contributed by atoms with Gasteiger partial charge in [-0.1, -0.05) is 201 Å². The van der Waals surface area contributed by atoms with Gasteiger partial charge in [0.25, 0.3) is 0 Å². The minimum absolute atomic E-state index is 0.0635. The van der Waals surface area contributed by atoms with Crippen molar-refractivity contribution in [2.45, 2.75) is 245 Å².